The molecule has 0 saturated heterocycles. The second-order valence-electron chi connectivity index (χ2n) is 14.3. The fraction of sp³-hybridized carbons (Fsp3) is 0.425. The molecule has 0 bridgehead atoms. The van der Waals surface area contributed by atoms with Gasteiger partial charge < -0.3 is 39.9 Å². The highest BCUT2D eigenvalue weighted by Crippen LogP contribution is 2.42. The number of carbonyl (C=O) groups excluding carboxylic acids is 3. The molecule has 278 valence electrons. The first-order valence-electron chi connectivity index (χ1n) is 18.5. The van der Waals surface area contributed by atoms with Crippen LogP contribution in [0.4, 0.5) is 4.79 Å². The van der Waals surface area contributed by atoms with Crippen molar-refractivity contribution in [1.82, 2.24) is 40.4 Å². The minimum absolute atomic E-state index is 0.0476. The lowest BCUT2D eigenvalue weighted by Gasteiger charge is -2.31. The average molecular weight is 721 g/mol. The van der Waals surface area contributed by atoms with Crippen molar-refractivity contribution in [2.45, 2.75) is 78.2 Å². The maximum absolute atomic E-state index is 13.2. The summed E-state index contributed by atoms with van der Waals surface area (Å²) in [6, 6.07) is 14.9. The van der Waals surface area contributed by atoms with Gasteiger partial charge in [-0.15, -0.1) is 0 Å². The molecule has 1 aliphatic carbocycles. The van der Waals surface area contributed by atoms with E-state index < -0.39 is 6.09 Å². The number of nitrogens with one attached hydrogen (secondary N) is 4. The summed E-state index contributed by atoms with van der Waals surface area (Å²) in [5.74, 6) is 2.58. The molecule has 2 aliphatic rings. The van der Waals surface area contributed by atoms with E-state index in [4.69, 9.17) is 9.72 Å². The Morgan fingerprint density at radius 3 is 2.62 bits per heavy atom. The summed E-state index contributed by atoms with van der Waals surface area (Å²) >= 11 is 0. The molecule has 0 spiro atoms. The molecule has 1 aliphatic heterocycles. The Morgan fingerprint density at radius 1 is 1.02 bits per heavy atom. The molecule has 3 atom stereocenters. The van der Waals surface area contributed by atoms with Crippen LogP contribution in [-0.2, 0) is 34.0 Å². The number of aromatic nitrogens is 4. The number of rotatable bonds is 12. The highest BCUT2D eigenvalue weighted by Gasteiger charge is 2.32. The highest BCUT2D eigenvalue weighted by molar-refractivity contribution is 6.07. The van der Waals surface area contributed by atoms with Gasteiger partial charge in [-0.25, -0.2) is 14.8 Å². The number of imidazole rings is 2. The Balaban J connectivity index is 1.12. The summed E-state index contributed by atoms with van der Waals surface area (Å²) in [6.07, 6.45) is 5.18. The lowest BCUT2D eigenvalue weighted by Crippen LogP contribution is -2.45. The van der Waals surface area contributed by atoms with Crippen molar-refractivity contribution >= 4 is 39.7 Å². The molecule has 53 heavy (non-hydrogen) atoms. The number of amides is 3. The number of carbonyl (C=O) groups is 3. The normalized spacial score (nSPS) is 16.8. The van der Waals surface area contributed by atoms with E-state index >= 15 is 0 Å². The van der Waals surface area contributed by atoms with Gasteiger partial charge in [0.2, 0.25) is 11.8 Å². The highest BCUT2D eigenvalue weighted by atomic mass is 16.5. The molecular formula is C40H48N8O5. The fourth-order valence-electron chi connectivity index (χ4n) is 7.76. The van der Waals surface area contributed by atoms with Crippen molar-refractivity contribution in [2.75, 3.05) is 27.2 Å². The zero-order valence-electron chi connectivity index (χ0n) is 31.0. The van der Waals surface area contributed by atoms with Crippen LogP contribution in [0.5, 0.6) is 5.75 Å². The van der Waals surface area contributed by atoms with Gasteiger partial charge in [0.05, 0.1) is 49.7 Å². The van der Waals surface area contributed by atoms with Crippen molar-refractivity contribution in [3.8, 4) is 28.1 Å². The van der Waals surface area contributed by atoms with Gasteiger partial charge in [0.25, 0.3) is 0 Å². The van der Waals surface area contributed by atoms with Gasteiger partial charge in [0.1, 0.15) is 30.5 Å². The SMILES string of the molecule is CC[C@H](C)N(Cc1ncc(-c2ccc3c(c2)COc2cc4c(ccc5[nH]c(CN(C(=O)CNC)[C@H]6CCC[C@H]6C)nc54)cc2-3)[nH]1)C(=O)CNC(=O)OC. The van der Waals surface area contributed by atoms with E-state index in [0.717, 1.165) is 87.0 Å². The van der Waals surface area contributed by atoms with E-state index in [1.54, 1.807) is 11.1 Å². The van der Waals surface area contributed by atoms with Crippen LogP contribution >= 0.6 is 0 Å². The van der Waals surface area contributed by atoms with Crippen LogP contribution < -0.4 is 15.4 Å². The standard InChI is InChI=1S/C40H48N8O5/c1-6-24(3)47(38(50)19-43-40(51)52-5)20-35-42-17-32(45-35)26-10-12-28-27(14-26)22-53-34-16-29-25(15-30(28)34)11-13-31-39(29)46-36(44-31)21-48(37(49)18-41-4)33-9-7-8-23(33)2/h10-17,23-24,33,41H,6-9,18-22H2,1-5H3,(H,42,45)(H,43,51)(H,44,46)/t23-,24+,33+/m1/s1. The lowest BCUT2D eigenvalue weighted by atomic mass is 9.92. The zero-order valence-corrected chi connectivity index (χ0v) is 31.0. The number of hydrogen-bond acceptors (Lipinski definition) is 8. The second-order valence-corrected chi connectivity index (χ2v) is 14.3. The number of hydrogen-bond donors (Lipinski definition) is 4. The molecule has 1 fully saturated rings. The Morgan fingerprint density at radius 2 is 1.87 bits per heavy atom. The predicted octanol–water partition coefficient (Wildman–Crippen LogP) is 5.89. The largest absolute Gasteiger partial charge is 0.488 e. The number of benzene rings is 3. The summed E-state index contributed by atoms with van der Waals surface area (Å²) in [7, 11) is 3.07. The molecule has 0 radical (unpaired) electrons. The Bertz CT molecular complexity index is 2160. The maximum Gasteiger partial charge on any atom is 0.407 e. The number of H-pyrrole nitrogens is 2. The fourth-order valence-corrected chi connectivity index (χ4v) is 7.76. The number of alkyl carbamates (subject to hydrolysis) is 1. The average Bonchev–Trinajstić information content (AvgIpc) is 3.93. The van der Waals surface area contributed by atoms with E-state index in [0.29, 0.717) is 31.4 Å². The molecule has 3 amide bonds. The molecular weight excluding hydrogens is 672 g/mol. The number of likely N-dealkylation sites (N-methyl/N-ethyl adjacent to an activating group) is 1. The smallest absolute Gasteiger partial charge is 0.407 e. The molecule has 13 nitrogen and oxygen atoms in total. The molecule has 5 aromatic rings. The van der Waals surface area contributed by atoms with Crippen molar-refractivity contribution < 1.29 is 23.9 Å². The third-order valence-corrected chi connectivity index (χ3v) is 10.9. The van der Waals surface area contributed by atoms with Crippen molar-refractivity contribution in [3.05, 3.63) is 65.9 Å². The summed E-state index contributed by atoms with van der Waals surface area (Å²) in [4.78, 5) is 57.9. The summed E-state index contributed by atoms with van der Waals surface area (Å²) < 4.78 is 11.0. The number of nitrogens with zero attached hydrogens (tertiary/aromatic N) is 4. The molecule has 4 N–H and O–H groups in total. The lowest BCUT2D eigenvalue weighted by molar-refractivity contribution is -0.134. The molecule has 2 aromatic heterocycles. The third-order valence-electron chi connectivity index (χ3n) is 10.9. The minimum atomic E-state index is -0.648. The second kappa shape index (κ2) is 15.3. The van der Waals surface area contributed by atoms with E-state index in [2.05, 4.69) is 79.7 Å². The third kappa shape index (κ3) is 7.30. The first-order chi connectivity index (χ1) is 25.7. The van der Waals surface area contributed by atoms with Crippen LogP contribution in [0.15, 0.2) is 48.7 Å². The Labute approximate surface area is 308 Å². The van der Waals surface area contributed by atoms with Gasteiger partial charge in [0.15, 0.2) is 0 Å². The van der Waals surface area contributed by atoms with Gasteiger partial charge in [-0.05, 0) is 85.5 Å². The summed E-state index contributed by atoms with van der Waals surface area (Å²) in [5, 5.41) is 7.56. The van der Waals surface area contributed by atoms with Gasteiger partial charge in [-0.2, -0.15) is 0 Å². The van der Waals surface area contributed by atoms with E-state index in [9.17, 15) is 14.4 Å². The van der Waals surface area contributed by atoms with Gasteiger partial charge in [-0.3, -0.25) is 9.59 Å². The van der Waals surface area contributed by atoms with Crippen LogP contribution in [0.2, 0.25) is 0 Å². The number of ether oxygens (including phenoxy) is 2. The molecule has 13 heteroatoms. The zero-order chi connectivity index (χ0) is 37.2. The molecule has 7 rings (SSSR count). The predicted molar refractivity (Wildman–Crippen MR) is 203 cm³/mol. The molecule has 0 unspecified atom stereocenters. The van der Waals surface area contributed by atoms with Crippen molar-refractivity contribution in [3.63, 3.8) is 0 Å². The van der Waals surface area contributed by atoms with Gasteiger partial charge >= 0.3 is 6.09 Å². The van der Waals surface area contributed by atoms with Crippen LogP contribution in [0.1, 0.15) is 63.7 Å². The summed E-state index contributed by atoms with van der Waals surface area (Å²) in [6.45, 7) is 7.52. The maximum atomic E-state index is 13.2. The summed E-state index contributed by atoms with van der Waals surface area (Å²) in [5.41, 5.74) is 6.79. The Kier molecular flexibility index (Phi) is 10.4. The van der Waals surface area contributed by atoms with Crippen LogP contribution in [0.25, 0.3) is 44.2 Å². The molecule has 3 heterocycles. The van der Waals surface area contributed by atoms with Crippen LogP contribution in [-0.4, -0.2) is 87.0 Å². The number of methoxy groups -OCH3 is 1. The van der Waals surface area contributed by atoms with E-state index in [1.165, 1.54) is 7.11 Å². The Hall–Kier alpha value is -5.43. The molecule has 1 saturated carbocycles. The minimum Gasteiger partial charge on any atom is -0.488 e. The first-order valence-corrected chi connectivity index (χ1v) is 18.5. The van der Waals surface area contributed by atoms with Crippen LogP contribution in [0.3, 0.4) is 0 Å². The van der Waals surface area contributed by atoms with Crippen molar-refractivity contribution in [1.29, 1.82) is 0 Å². The van der Waals surface area contributed by atoms with Gasteiger partial charge in [-0.1, -0.05) is 38.5 Å². The monoisotopic (exact) mass is 720 g/mol. The van der Waals surface area contributed by atoms with E-state index in [1.807, 2.05) is 25.8 Å². The van der Waals surface area contributed by atoms with Crippen molar-refractivity contribution in [2.24, 2.45) is 5.92 Å². The number of fused-ring (bicyclic) bond motifs is 6. The number of aromatic amines is 2. The van der Waals surface area contributed by atoms with E-state index in [-0.39, 0.29) is 37.0 Å². The quantitative estimate of drug-likeness (QED) is 0.124. The van der Waals surface area contributed by atoms with Gasteiger partial charge in [0, 0.05) is 23.0 Å². The topological polar surface area (TPSA) is 158 Å². The van der Waals surface area contributed by atoms with Crippen LogP contribution in [0, 0.1) is 5.92 Å². The molecule has 3 aromatic carbocycles. The first kappa shape index (κ1) is 36.0.